The molecule has 1 amide bonds. The molecule has 1 atom stereocenters. The minimum atomic E-state index is 0.00637. The summed E-state index contributed by atoms with van der Waals surface area (Å²) < 4.78 is 5.44. The molecule has 4 nitrogen and oxygen atoms in total. The number of hydrogen-bond donors (Lipinski definition) is 1. The smallest absolute Gasteiger partial charge is 0.225 e. The molecule has 2 aromatic carbocycles. The van der Waals surface area contributed by atoms with E-state index in [0.29, 0.717) is 13.0 Å². The van der Waals surface area contributed by atoms with Crippen molar-refractivity contribution < 1.29 is 9.21 Å². The number of nitrogens with zero attached hydrogens (tertiary/aromatic N) is 1. The van der Waals surface area contributed by atoms with Gasteiger partial charge in [-0.3, -0.25) is 9.69 Å². The number of furan rings is 1. The second kappa shape index (κ2) is 8.50. The van der Waals surface area contributed by atoms with E-state index in [-0.39, 0.29) is 11.9 Å². The third-order valence-corrected chi connectivity index (χ3v) is 4.59. The molecule has 3 rings (SSSR count). The van der Waals surface area contributed by atoms with Gasteiger partial charge in [-0.25, -0.2) is 0 Å². The minimum absolute atomic E-state index is 0.00637. The third-order valence-electron chi connectivity index (χ3n) is 4.59. The van der Waals surface area contributed by atoms with Gasteiger partial charge in [0.2, 0.25) is 5.91 Å². The molecule has 0 radical (unpaired) electrons. The van der Waals surface area contributed by atoms with Gasteiger partial charge in [0.15, 0.2) is 0 Å². The average molecular weight is 348 g/mol. The minimum Gasteiger partial charge on any atom is -0.468 e. The molecule has 0 aliphatic carbocycles. The van der Waals surface area contributed by atoms with Crippen LogP contribution in [0, 0.1) is 0 Å². The van der Waals surface area contributed by atoms with E-state index in [0.717, 1.165) is 22.6 Å². The van der Waals surface area contributed by atoms with Crippen LogP contribution in [0.2, 0.25) is 0 Å². The van der Waals surface area contributed by atoms with E-state index in [1.54, 1.807) is 6.26 Å². The summed E-state index contributed by atoms with van der Waals surface area (Å²) in [5.74, 6) is 0.911. The number of carbonyl (C=O) groups is 1. The van der Waals surface area contributed by atoms with Gasteiger partial charge in [-0.05, 0) is 37.7 Å². The summed E-state index contributed by atoms with van der Waals surface area (Å²) in [5, 5.41) is 3.05. The van der Waals surface area contributed by atoms with E-state index < -0.39 is 0 Å². The van der Waals surface area contributed by atoms with Crippen LogP contribution in [0.1, 0.15) is 25.1 Å². The van der Waals surface area contributed by atoms with Gasteiger partial charge in [0.05, 0.1) is 12.3 Å². The fourth-order valence-corrected chi connectivity index (χ4v) is 2.89. The van der Waals surface area contributed by atoms with Gasteiger partial charge in [-0.15, -0.1) is 0 Å². The molecule has 0 saturated carbocycles. The highest BCUT2D eigenvalue weighted by Crippen LogP contribution is 2.27. The Labute approximate surface area is 154 Å². The van der Waals surface area contributed by atoms with Crippen LogP contribution < -0.4 is 5.32 Å². The first-order valence-electron chi connectivity index (χ1n) is 8.83. The van der Waals surface area contributed by atoms with E-state index in [4.69, 9.17) is 4.42 Å². The second-order valence-corrected chi connectivity index (χ2v) is 6.38. The lowest BCUT2D eigenvalue weighted by molar-refractivity contribution is -0.116. The Morgan fingerprint density at radius 1 is 1.04 bits per heavy atom. The van der Waals surface area contributed by atoms with Crippen molar-refractivity contribution in [2.45, 2.75) is 19.4 Å². The molecule has 1 N–H and O–H groups in total. The van der Waals surface area contributed by atoms with Crippen LogP contribution in [0.3, 0.4) is 0 Å². The van der Waals surface area contributed by atoms with E-state index in [1.807, 2.05) is 73.8 Å². The zero-order chi connectivity index (χ0) is 18.4. The molecule has 26 heavy (non-hydrogen) atoms. The summed E-state index contributed by atoms with van der Waals surface area (Å²) in [5.41, 5.74) is 2.95. The van der Waals surface area contributed by atoms with Gasteiger partial charge in [0.25, 0.3) is 0 Å². The molecule has 0 bridgehead atoms. The maximum Gasteiger partial charge on any atom is 0.225 e. The highest BCUT2D eigenvalue weighted by molar-refractivity contribution is 5.95. The first kappa shape index (κ1) is 18.0. The standard InChI is InChI=1S/C22H24N2O2/c1-17(21-13-8-16-26-21)24(2)15-14-22(25)23-20-12-7-6-11-19(20)18-9-4-3-5-10-18/h3-13,16-17H,14-15H2,1-2H3,(H,23,25). The largest absolute Gasteiger partial charge is 0.468 e. The summed E-state index contributed by atoms with van der Waals surface area (Å²) in [4.78, 5) is 14.6. The van der Waals surface area contributed by atoms with E-state index in [1.165, 1.54) is 0 Å². The van der Waals surface area contributed by atoms with Crippen molar-refractivity contribution in [2.24, 2.45) is 0 Å². The Bertz CT molecular complexity index is 828. The van der Waals surface area contributed by atoms with Crippen molar-refractivity contribution >= 4 is 11.6 Å². The van der Waals surface area contributed by atoms with Gasteiger partial charge < -0.3 is 9.73 Å². The Hall–Kier alpha value is -2.85. The maximum absolute atomic E-state index is 12.4. The van der Waals surface area contributed by atoms with Gasteiger partial charge in [0.1, 0.15) is 5.76 Å². The van der Waals surface area contributed by atoms with E-state index in [9.17, 15) is 4.79 Å². The molecule has 0 fully saturated rings. The maximum atomic E-state index is 12.4. The highest BCUT2D eigenvalue weighted by atomic mass is 16.3. The Balaban J connectivity index is 1.61. The van der Waals surface area contributed by atoms with Crippen molar-refractivity contribution in [2.75, 3.05) is 18.9 Å². The van der Waals surface area contributed by atoms with E-state index in [2.05, 4.69) is 17.1 Å². The number of carbonyl (C=O) groups excluding carboxylic acids is 1. The molecule has 0 aliphatic rings. The Morgan fingerprint density at radius 3 is 2.50 bits per heavy atom. The number of benzene rings is 2. The average Bonchev–Trinajstić information content (AvgIpc) is 3.21. The first-order valence-corrected chi connectivity index (χ1v) is 8.83. The van der Waals surface area contributed by atoms with Crippen molar-refractivity contribution in [3.8, 4) is 11.1 Å². The molecule has 4 heteroatoms. The van der Waals surface area contributed by atoms with Gasteiger partial charge in [-0.2, -0.15) is 0 Å². The Kier molecular flexibility index (Phi) is 5.87. The van der Waals surface area contributed by atoms with Crippen LogP contribution in [0.4, 0.5) is 5.69 Å². The number of nitrogens with one attached hydrogen (secondary N) is 1. The van der Waals surface area contributed by atoms with Gasteiger partial charge >= 0.3 is 0 Å². The fraction of sp³-hybridized carbons (Fsp3) is 0.227. The molecule has 1 unspecified atom stereocenters. The van der Waals surface area contributed by atoms with Gasteiger partial charge in [0, 0.05) is 24.2 Å². The molecule has 1 heterocycles. The lowest BCUT2D eigenvalue weighted by Crippen LogP contribution is -2.26. The molecule has 134 valence electrons. The Morgan fingerprint density at radius 2 is 1.77 bits per heavy atom. The third kappa shape index (κ3) is 4.41. The van der Waals surface area contributed by atoms with Crippen LogP contribution in [-0.2, 0) is 4.79 Å². The van der Waals surface area contributed by atoms with Crippen molar-refractivity contribution in [1.82, 2.24) is 4.90 Å². The number of amides is 1. The number of rotatable bonds is 7. The zero-order valence-electron chi connectivity index (χ0n) is 15.2. The summed E-state index contributed by atoms with van der Waals surface area (Å²) in [6.45, 7) is 2.72. The SMILES string of the molecule is CC(c1ccco1)N(C)CCC(=O)Nc1ccccc1-c1ccccc1. The first-order chi connectivity index (χ1) is 12.6. The fourth-order valence-electron chi connectivity index (χ4n) is 2.89. The normalized spacial score (nSPS) is 12.1. The molecule has 1 aromatic heterocycles. The van der Waals surface area contributed by atoms with Crippen LogP contribution in [0.5, 0.6) is 0 Å². The molecule has 3 aromatic rings. The van der Waals surface area contributed by atoms with Crippen molar-refractivity contribution in [3.63, 3.8) is 0 Å². The van der Waals surface area contributed by atoms with Crippen molar-refractivity contribution in [1.29, 1.82) is 0 Å². The number of anilines is 1. The van der Waals surface area contributed by atoms with Crippen LogP contribution in [0.15, 0.2) is 77.4 Å². The monoisotopic (exact) mass is 348 g/mol. The number of hydrogen-bond acceptors (Lipinski definition) is 3. The summed E-state index contributed by atoms with van der Waals surface area (Å²) in [6, 6.07) is 21.9. The summed E-state index contributed by atoms with van der Waals surface area (Å²) in [7, 11) is 2.00. The highest BCUT2D eigenvalue weighted by Gasteiger charge is 2.15. The molecule has 0 spiro atoms. The van der Waals surface area contributed by atoms with Crippen LogP contribution in [0.25, 0.3) is 11.1 Å². The predicted octanol–water partition coefficient (Wildman–Crippen LogP) is 4.97. The zero-order valence-corrected chi connectivity index (χ0v) is 15.2. The molecular weight excluding hydrogens is 324 g/mol. The summed E-state index contributed by atoms with van der Waals surface area (Å²) in [6.07, 6.45) is 2.09. The van der Waals surface area contributed by atoms with Crippen molar-refractivity contribution in [3.05, 3.63) is 78.8 Å². The molecule has 0 saturated heterocycles. The lowest BCUT2D eigenvalue weighted by Gasteiger charge is -2.22. The predicted molar refractivity (Wildman–Crippen MR) is 105 cm³/mol. The van der Waals surface area contributed by atoms with Crippen LogP contribution >= 0.6 is 0 Å². The van der Waals surface area contributed by atoms with Crippen LogP contribution in [-0.4, -0.2) is 24.4 Å². The quantitative estimate of drug-likeness (QED) is 0.656. The van der Waals surface area contributed by atoms with E-state index >= 15 is 0 Å². The number of para-hydroxylation sites is 1. The summed E-state index contributed by atoms with van der Waals surface area (Å²) >= 11 is 0. The van der Waals surface area contributed by atoms with Gasteiger partial charge in [-0.1, -0.05) is 48.5 Å². The molecular formula is C22H24N2O2. The molecule has 0 aliphatic heterocycles. The lowest BCUT2D eigenvalue weighted by atomic mass is 10.0. The second-order valence-electron chi connectivity index (χ2n) is 6.38. The topological polar surface area (TPSA) is 45.5 Å².